The second kappa shape index (κ2) is 8.51. The van der Waals surface area contributed by atoms with Gasteiger partial charge < -0.3 is 19.5 Å². The fraction of sp³-hybridized carbons (Fsp3) is 0.667. The van der Waals surface area contributed by atoms with E-state index in [1.807, 2.05) is 7.05 Å². The third kappa shape index (κ3) is 5.27. The zero-order valence-corrected chi connectivity index (χ0v) is 14.0. The minimum absolute atomic E-state index is 0.234. The van der Waals surface area contributed by atoms with E-state index in [0.717, 1.165) is 31.7 Å². The minimum Gasteiger partial charge on any atom is -0.389 e. The normalized spacial score (nSPS) is 17.7. The van der Waals surface area contributed by atoms with Crippen molar-refractivity contribution >= 4 is 5.69 Å². The number of hydrogen-bond donors (Lipinski definition) is 1. The first-order valence-corrected chi connectivity index (χ1v) is 8.24. The minimum atomic E-state index is -0.476. The molecule has 2 rings (SSSR count). The molecule has 0 spiro atoms. The zero-order chi connectivity index (χ0) is 15.9. The van der Waals surface area contributed by atoms with E-state index in [4.69, 9.17) is 9.47 Å². The molecular formula is C18H29NO3. The average molecular weight is 307 g/mol. The molecule has 4 nitrogen and oxygen atoms in total. The highest BCUT2D eigenvalue weighted by Gasteiger charge is 2.17. The summed E-state index contributed by atoms with van der Waals surface area (Å²) in [7, 11) is 2.01. The third-order valence-corrected chi connectivity index (χ3v) is 4.15. The highest BCUT2D eigenvalue weighted by molar-refractivity contribution is 5.48. The number of benzene rings is 1. The Morgan fingerprint density at radius 3 is 2.73 bits per heavy atom. The van der Waals surface area contributed by atoms with Gasteiger partial charge in [-0.3, -0.25) is 0 Å². The van der Waals surface area contributed by atoms with Crippen LogP contribution in [0.4, 0.5) is 5.69 Å². The van der Waals surface area contributed by atoms with E-state index in [1.54, 1.807) is 0 Å². The van der Waals surface area contributed by atoms with E-state index in [9.17, 15) is 5.11 Å². The van der Waals surface area contributed by atoms with Crippen molar-refractivity contribution in [3.63, 3.8) is 0 Å². The molecule has 22 heavy (non-hydrogen) atoms. The molecule has 1 aromatic rings. The highest BCUT2D eigenvalue weighted by atomic mass is 16.5. The average Bonchev–Trinajstić information content (AvgIpc) is 2.54. The van der Waals surface area contributed by atoms with Crippen molar-refractivity contribution in [3.05, 3.63) is 29.8 Å². The molecule has 0 radical (unpaired) electrons. The SMILES string of the molecule is CC(C)c1cccc(N(C)CC(O)COC2CCOCC2)c1. The lowest BCUT2D eigenvalue weighted by Gasteiger charge is -2.26. The van der Waals surface area contributed by atoms with Crippen LogP contribution in [0.15, 0.2) is 24.3 Å². The van der Waals surface area contributed by atoms with Gasteiger partial charge in [0.2, 0.25) is 0 Å². The summed E-state index contributed by atoms with van der Waals surface area (Å²) >= 11 is 0. The monoisotopic (exact) mass is 307 g/mol. The Kier molecular flexibility index (Phi) is 6.68. The van der Waals surface area contributed by atoms with E-state index >= 15 is 0 Å². The summed E-state index contributed by atoms with van der Waals surface area (Å²) in [5.74, 6) is 0.509. The van der Waals surface area contributed by atoms with Gasteiger partial charge in [0.1, 0.15) is 0 Å². The molecule has 0 saturated carbocycles. The Morgan fingerprint density at radius 1 is 1.32 bits per heavy atom. The van der Waals surface area contributed by atoms with Gasteiger partial charge in [-0.25, -0.2) is 0 Å². The fourth-order valence-corrected chi connectivity index (χ4v) is 2.69. The van der Waals surface area contributed by atoms with Crippen molar-refractivity contribution in [3.8, 4) is 0 Å². The maximum atomic E-state index is 10.2. The van der Waals surface area contributed by atoms with Gasteiger partial charge in [0.25, 0.3) is 0 Å². The quantitative estimate of drug-likeness (QED) is 0.841. The van der Waals surface area contributed by atoms with E-state index < -0.39 is 6.10 Å². The van der Waals surface area contributed by atoms with E-state index in [2.05, 4.69) is 43.0 Å². The number of aliphatic hydroxyl groups excluding tert-OH is 1. The van der Waals surface area contributed by atoms with E-state index in [0.29, 0.717) is 19.1 Å². The Hall–Kier alpha value is -1.10. The van der Waals surface area contributed by atoms with Crippen molar-refractivity contribution in [1.29, 1.82) is 0 Å². The van der Waals surface area contributed by atoms with Crippen LogP contribution in [0.3, 0.4) is 0 Å². The number of anilines is 1. The van der Waals surface area contributed by atoms with Crippen molar-refractivity contribution in [2.24, 2.45) is 0 Å². The molecule has 0 aromatic heterocycles. The number of rotatable bonds is 7. The van der Waals surface area contributed by atoms with Gasteiger partial charge in [-0.15, -0.1) is 0 Å². The maximum Gasteiger partial charge on any atom is 0.0948 e. The van der Waals surface area contributed by atoms with Crippen LogP contribution in [-0.4, -0.2) is 50.7 Å². The smallest absolute Gasteiger partial charge is 0.0948 e. The first kappa shape index (κ1) is 17.3. The highest BCUT2D eigenvalue weighted by Crippen LogP contribution is 2.21. The molecule has 1 aliphatic heterocycles. The third-order valence-electron chi connectivity index (χ3n) is 4.15. The molecule has 0 aliphatic carbocycles. The van der Waals surface area contributed by atoms with E-state index in [-0.39, 0.29) is 6.10 Å². The number of nitrogens with zero attached hydrogens (tertiary/aromatic N) is 1. The summed E-state index contributed by atoms with van der Waals surface area (Å²) < 4.78 is 11.1. The van der Waals surface area contributed by atoms with Crippen LogP contribution < -0.4 is 4.90 Å². The Labute approximate surface area is 134 Å². The number of aliphatic hydroxyl groups is 1. The van der Waals surface area contributed by atoms with Gasteiger partial charge in [-0.2, -0.15) is 0 Å². The molecule has 1 aliphatic rings. The fourth-order valence-electron chi connectivity index (χ4n) is 2.69. The van der Waals surface area contributed by atoms with Crippen LogP contribution in [-0.2, 0) is 9.47 Å². The largest absolute Gasteiger partial charge is 0.389 e. The van der Waals surface area contributed by atoms with Crippen molar-refractivity contribution < 1.29 is 14.6 Å². The van der Waals surface area contributed by atoms with Crippen molar-refractivity contribution in [2.75, 3.05) is 38.3 Å². The summed E-state index contributed by atoms with van der Waals surface area (Å²) in [5, 5.41) is 10.2. The molecule has 1 unspecified atom stereocenters. The summed E-state index contributed by atoms with van der Waals surface area (Å²) in [4.78, 5) is 2.09. The molecule has 0 bridgehead atoms. The van der Waals surface area contributed by atoms with Gasteiger partial charge in [-0.05, 0) is 36.5 Å². The van der Waals surface area contributed by atoms with Crippen molar-refractivity contribution in [2.45, 2.75) is 44.8 Å². The molecule has 1 atom stereocenters. The van der Waals surface area contributed by atoms with Crippen LogP contribution in [0.5, 0.6) is 0 Å². The lowest BCUT2D eigenvalue weighted by atomic mass is 10.0. The molecule has 1 N–H and O–H groups in total. The van der Waals surface area contributed by atoms with Crippen LogP contribution in [0.25, 0.3) is 0 Å². The lowest BCUT2D eigenvalue weighted by Crippen LogP contribution is -2.34. The summed E-state index contributed by atoms with van der Waals surface area (Å²) in [6.45, 7) is 6.88. The van der Waals surface area contributed by atoms with E-state index in [1.165, 1.54) is 5.56 Å². The topological polar surface area (TPSA) is 41.9 Å². The first-order chi connectivity index (χ1) is 10.6. The first-order valence-electron chi connectivity index (χ1n) is 8.24. The molecule has 124 valence electrons. The van der Waals surface area contributed by atoms with Crippen LogP contribution >= 0.6 is 0 Å². The lowest BCUT2D eigenvalue weighted by molar-refractivity contribution is -0.0573. The number of hydrogen-bond acceptors (Lipinski definition) is 4. The summed E-state index contributed by atoms with van der Waals surface area (Å²) in [6.07, 6.45) is 1.62. The van der Waals surface area contributed by atoms with Crippen molar-refractivity contribution in [1.82, 2.24) is 0 Å². The van der Waals surface area contributed by atoms with Gasteiger partial charge in [0.15, 0.2) is 0 Å². The Morgan fingerprint density at radius 2 is 2.05 bits per heavy atom. The Bertz CT molecular complexity index is 444. The molecule has 1 saturated heterocycles. The predicted molar refractivity (Wildman–Crippen MR) is 89.6 cm³/mol. The maximum absolute atomic E-state index is 10.2. The van der Waals surface area contributed by atoms with Gasteiger partial charge >= 0.3 is 0 Å². The molecule has 1 aromatic carbocycles. The molecular weight excluding hydrogens is 278 g/mol. The zero-order valence-electron chi connectivity index (χ0n) is 14.0. The Balaban J connectivity index is 1.80. The summed E-state index contributed by atoms with van der Waals surface area (Å²) in [5.41, 5.74) is 2.45. The molecule has 1 heterocycles. The van der Waals surface area contributed by atoms with Gasteiger partial charge in [0.05, 0.1) is 18.8 Å². The second-order valence-electron chi connectivity index (χ2n) is 6.43. The molecule has 0 amide bonds. The van der Waals surface area contributed by atoms with Crippen LogP contribution in [0.1, 0.15) is 38.2 Å². The standard InChI is InChI=1S/C18H29NO3/c1-14(2)15-5-4-6-16(11-15)19(3)12-17(20)13-22-18-7-9-21-10-8-18/h4-6,11,14,17-18,20H,7-10,12-13H2,1-3H3. The molecule has 1 fully saturated rings. The van der Waals surface area contributed by atoms with Gasteiger partial charge in [-0.1, -0.05) is 26.0 Å². The van der Waals surface area contributed by atoms with Gasteiger partial charge in [0, 0.05) is 32.5 Å². The molecule has 4 heteroatoms. The van der Waals surface area contributed by atoms with Crippen LogP contribution in [0.2, 0.25) is 0 Å². The second-order valence-corrected chi connectivity index (χ2v) is 6.43. The summed E-state index contributed by atoms with van der Waals surface area (Å²) in [6, 6.07) is 8.49. The predicted octanol–water partition coefficient (Wildman–Crippen LogP) is 2.80. The number of ether oxygens (including phenoxy) is 2. The van der Waals surface area contributed by atoms with Crippen LogP contribution in [0, 0.1) is 0 Å². The number of likely N-dealkylation sites (N-methyl/N-ethyl adjacent to an activating group) is 1.